The summed E-state index contributed by atoms with van der Waals surface area (Å²) in [7, 11) is 1.84. The zero-order valence-corrected chi connectivity index (χ0v) is 14.3. The second-order valence-corrected chi connectivity index (χ2v) is 6.04. The lowest BCUT2D eigenvalue weighted by molar-refractivity contribution is 0.0719. The molecule has 1 saturated heterocycles. The summed E-state index contributed by atoms with van der Waals surface area (Å²) in [4.78, 5) is 14.3. The maximum atomic E-state index is 13.1. The van der Waals surface area contributed by atoms with Crippen LogP contribution in [0.1, 0.15) is 29.6 Å². The molecular weight excluding hydrogens is 394 g/mol. The predicted molar refractivity (Wildman–Crippen MR) is 89.0 cm³/mol. The fourth-order valence-corrected chi connectivity index (χ4v) is 3.11. The minimum atomic E-state index is -0.303. The van der Waals surface area contributed by atoms with E-state index in [4.69, 9.17) is 0 Å². The van der Waals surface area contributed by atoms with Gasteiger partial charge in [0.15, 0.2) is 0 Å². The van der Waals surface area contributed by atoms with Crippen LogP contribution < -0.4 is 5.32 Å². The van der Waals surface area contributed by atoms with E-state index in [-0.39, 0.29) is 30.2 Å². The van der Waals surface area contributed by atoms with E-state index in [1.807, 2.05) is 34.5 Å². The van der Waals surface area contributed by atoms with Crippen LogP contribution in [0.2, 0.25) is 0 Å². The van der Waals surface area contributed by atoms with E-state index in [0.29, 0.717) is 9.13 Å². The fraction of sp³-hybridized carbons (Fsp3) is 0.500. The molecule has 1 fully saturated rings. The molecule has 0 aromatic heterocycles. The van der Waals surface area contributed by atoms with E-state index in [9.17, 15) is 9.18 Å². The standard InChI is InChI=1S/C14H18FIN2O.ClH/c1-18(11-3-2-7-17-8-6-11)14(19)12-5-4-10(15)9-13(12)16;/h4-5,9,11,17H,2-3,6-8H2,1H3;1H. The van der Waals surface area contributed by atoms with Crippen molar-refractivity contribution in [2.24, 2.45) is 0 Å². The number of nitrogens with zero attached hydrogens (tertiary/aromatic N) is 1. The Morgan fingerprint density at radius 1 is 1.40 bits per heavy atom. The number of nitrogens with one attached hydrogen (secondary N) is 1. The molecule has 1 N–H and O–H groups in total. The van der Waals surface area contributed by atoms with Crippen molar-refractivity contribution in [2.75, 3.05) is 20.1 Å². The lowest BCUT2D eigenvalue weighted by Gasteiger charge is -2.27. The van der Waals surface area contributed by atoms with Crippen molar-refractivity contribution in [3.8, 4) is 0 Å². The zero-order chi connectivity index (χ0) is 13.8. The minimum Gasteiger partial charge on any atom is -0.339 e. The molecule has 6 heteroatoms. The van der Waals surface area contributed by atoms with Crippen LogP contribution in [0.5, 0.6) is 0 Å². The molecule has 1 aromatic rings. The normalized spacial score (nSPS) is 18.9. The summed E-state index contributed by atoms with van der Waals surface area (Å²) in [5.41, 5.74) is 0.585. The second kappa shape index (κ2) is 8.14. The maximum absolute atomic E-state index is 13.1. The first-order valence-corrected chi connectivity index (χ1v) is 7.60. The molecule has 20 heavy (non-hydrogen) atoms. The van der Waals surface area contributed by atoms with Gasteiger partial charge in [0.2, 0.25) is 0 Å². The van der Waals surface area contributed by atoms with Crippen molar-refractivity contribution in [1.82, 2.24) is 10.2 Å². The van der Waals surface area contributed by atoms with Gasteiger partial charge in [0.1, 0.15) is 5.82 Å². The largest absolute Gasteiger partial charge is 0.339 e. The summed E-state index contributed by atoms with van der Waals surface area (Å²) in [5, 5.41) is 3.34. The predicted octanol–water partition coefficient (Wildman–Crippen LogP) is 3.07. The number of halogens is 3. The van der Waals surface area contributed by atoms with Crippen molar-refractivity contribution in [1.29, 1.82) is 0 Å². The Hall–Kier alpha value is -0.400. The Bertz CT molecular complexity index is 464. The summed E-state index contributed by atoms with van der Waals surface area (Å²) < 4.78 is 13.8. The number of amides is 1. The van der Waals surface area contributed by atoms with Crippen molar-refractivity contribution in [3.05, 3.63) is 33.1 Å². The van der Waals surface area contributed by atoms with E-state index in [1.165, 1.54) is 12.1 Å². The highest BCUT2D eigenvalue weighted by Gasteiger charge is 2.23. The van der Waals surface area contributed by atoms with Gasteiger partial charge in [-0.1, -0.05) is 0 Å². The number of hydrogen-bond donors (Lipinski definition) is 1. The molecule has 0 spiro atoms. The molecule has 0 aliphatic carbocycles. The molecule has 1 aromatic carbocycles. The smallest absolute Gasteiger partial charge is 0.254 e. The number of rotatable bonds is 2. The number of carbonyl (C=O) groups is 1. The minimum absolute atomic E-state index is 0. The molecule has 1 unspecified atom stereocenters. The van der Waals surface area contributed by atoms with E-state index in [1.54, 1.807) is 6.07 Å². The van der Waals surface area contributed by atoms with E-state index < -0.39 is 0 Å². The number of hydrogen-bond acceptors (Lipinski definition) is 2. The molecule has 0 saturated carbocycles. The first-order chi connectivity index (χ1) is 9.09. The van der Waals surface area contributed by atoms with Crippen molar-refractivity contribution >= 4 is 40.9 Å². The van der Waals surface area contributed by atoms with Gasteiger partial charge in [0.05, 0.1) is 5.56 Å². The molecule has 112 valence electrons. The topological polar surface area (TPSA) is 32.3 Å². The average molecular weight is 413 g/mol. The molecule has 1 aliphatic heterocycles. The summed E-state index contributed by atoms with van der Waals surface area (Å²) in [6.45, 7) is 1.97. The van der Waals surface area contributed by atoms with Gasteiger partial charge in [-0.15, -0.1) is 12.4 Å². The van der Waals surface area contributed by atoms with Crippen LogP contribution in [0.4, 0.5) is 4.39 Å². The summed E-state index contributed by atoms with van der Waals surface area (Å²) in [6, 6.07) is 4.59. The van der Waals surface area contributed by atoms with Gasteiger partial charge in [0, 0.05) is 16.7 Å². The van der Waals surface area contributed by atoms with Crippen LogP contribution in [0.3, 0.4) is 0 Å². The Morgan fingerprint density at radius 3 is 2.85 bits per heavy atom. The van der Waals surface area contributed by atoms with Gasteiger partial charge in [-0.3, -0.25) is 4.79 Å². The van der Waals surface area contributed by atoms with Crippen LogP contribution in [0.15, 0.2) is 18.2 Å². The molecule has 0 bridgehead atoms. The summed E-state index contributed by atoms with van der Waals surface area (Å²) in [6.07, 6.45) is 3.08. The SMILES string of the molecule is CN(C(=O)c1ccc(F)cc1I)C1CCCNCC1.Cl. The Morgan fingerprint density at radius 2 is 2.15 bits per heavy atom. The van der Waals surface area contributed by atoms with Gasteiger partial charge in [-0.05, 0) is 73.1 Å². The van der Waals surface area contributed by atoms with Crippen LogP contribution in [0, 0.1) is 9.39 Å². The maximum Gasteiger partial charge on any atom is 0.254 e. The van der Waals surface area contributed by atoms with Crippen LogP contribution >= 0.6 is 35.0 Å². The Labute approximate surface area is 138 Å². The van der Waals surface area contributed by atoms with Crippen molar-refractivity contribution in [3.63, 3.8) is 0 Å². The molecule has 1 atom stereocenters. The highest BCUT2D eigenvalue weighted by atomic mass is 127. The lowest BCUT2D eigenvalue weighted by Crippen LogP contribution is -2.38. The monoisotopic (exact) mass is 412 g/mol. The quantitative estimate of drug-likeness (QED) is 0.757. The molecule has 1 amide bonds. The lowest BCUT2D eigenvalue weighted by atomic mass is 10.1. The molecule has 0 radical (unpaired) electrons. The Balaban J connectivity index is 0.00000200. The van der Waals surface area contributed by atoms with Crippen molar-refractivity contribution < 1.29 is 9.18 Å². The van der Waals surface area contributed by atoms with Gasteiger partial charge < -0.3 is 10.2 Å². The first-order valence-electron chi connectivity index (χ1n) is 6.52. The highest BCUT2D eigenvalue weighted by molar-refractivity contribution is 14.1. The third-order valence-corrected chi connectivity index (χ3v) is 4.47. The van der Waals surface area contributed by atoms with E-state index in [2.05, 4.69) is 5.32 Å². The van der Waals surface area contributed by atoms with E-state index in [0.717, 1.165) is 32.4 Å². The fourth-order valence-electron chi connectivity index (χ4n) is 2.41. The first kappa shape index (κ1) is 17.7. The summed E-state index contributed by atoms with van der Waals surface area (Å²) >= 11 is 2.01. The van der Waals surface area contributed by atoms with Gasteiger partial charge >= 0.3 is 0 Å². The molecule has 2 rings (SSSR count). The molecule has 3 nitrogen and oxygen atoms in total. The molecular formula is C14H19ClFIN2O. The van der Waals surface area contributed by atoms with Crippen LogP contribution in [-0.4, -0.2) is 37.0 Å². The Kier molecular flexibility index (Phi) is 7.19. The number of carbonyl (C=O) groups excluding carboxylic acids is 1. The molecule has 1 aliphatic rings. The summed E-state index contributed by atoms with van der Waals surface area (Å²) in [5.74, 6) is -0.321. The number of benzene rings is 1. The van der Waals surface area contributed by atoms with Crippen molar-refractivity contribution in [2.45, 2.75) is 25.3 Å². The second-order valence-electron chi connectivity index (χ2n) is 4.87. The van der Waals surface area contributed by atoms with Gasteiger partial charge in [-0.2, -0.15) is 0 Å². The van der Waals surface area contributed by atoms with Crippen LogP contribution in [0.25, 0.3) is 0 Å². The third kappa shape index (κ3) is 4.30. The highest BCUT2D eigenvalue weighted by Crippen LogP contribution is 2.19. The third-order valence-electron chi connectivity index (χ3n) is 3.57. The van der Waals surface area contributed by atoms with Crippen LogP contribution in [-0.2, 0) is 0 Å². The zero-order valence-electron chi connectivity index (χ0n) is 11.4. The van der Waals surface area contributed by atoms with Gasteiger partial charge in [-0.25, -0.2) is 4.39 Å². The molecule has 1 heterocycles. The van der Waals surface area contributed by atoms with Gasteiger partial charge in [0.25, 0.3) is 5.91 Å². The van der Waals surface area contributed by atoms with E-state index >= 15 is 0 Å². The average Bonchev–Trinajstić information content (AvgIpc) is 2.66.